The average Bonchev–Trinajstić information content (AvgIpc) is 3.40. The van der Waals surface area contributed by atoms with Gasteiger partial charge in [0.2, 0.25) is 10.0 Å². The molecular formula is C19H18F3N3O2S3. The summed E-state index contributed by atoms with van der Waals surface area (Å²) in [7, 11) is -3.82. The zero-order valence-corrected chi connectivity index (χ0v) is 18.1. The SMILES string of the molecule is O=S(=O)(c1ccc(C(F)(F)F)cc1)N1CCN(Cc2csc(-c3cccs3)n2)CC1. The molecule has 0 N–H and O–H groups in total. The van der Waals surface area contributed by atoms with Gasteiger partial charge in [-0.25, -0.2) is 13.4 Å². The number of sulfonamides is 1. The van der Waals surface area contributed by atoms with Crippen LogP contribution in [-0.4, -0.2) is 48.8 Å². The molecule has 0 spiro atoms. The second-order valence-electron chi connectivity index (χ2n) is 6.82. The minimum atomic E-state index is -4.49. The fourth-order valence-corrected chi connectivity index (χ4v) is 6.26. The summed E-state index contributed by atoms with van der Waals surface area (Å²) in [5.41, 5.74) is 0.0823. The highest BCUT2D eigenvalue weighted by Crippen LogP contribution is 2.31. The zero-order chi connectivity index (χ0) is 21.4. The Balaban J connectivity index is 1.37. The minimum Gasteiger partial charge on any atom is -0.295 e. The zero-order valence-electron chi connectivity index (χ0n) is 15.7. The van der Waals surface area contributed by atoms with Crippen molar-refractivity contribution in [2.75, 3.05) is 26.2 Å². The molecule has 0 atom stereocenters. The van der Waals surface area contributed by atoms with Gasteiger partial charge in [0, 0.05) is 38.1 Å². The number of piperazine rings is 1. The third kappa shape index (κ3) is 4.59. The summed E-state index contributed by atoms with van der Waals surface area (Å²) < 4.78 is 65.0. The first-order chi connectivity index (χ1) is 14.2. The van der Waals surface area contributed by atoms with Crippen LogP contribution in [0.1, 0.15) is 11.3 Å². The summed E-state index contributed by atoms with van der Waals surface area (Å²) in [6.07, 6.45) is -4.49. The number of benzene rings is 1. The predicted molar refractivity (Wildman–Crippen MR) is 111 cm³/mol. The summed E-state index contributed by atoms with van der Waals surface area (Å²) in [5, 5.41) is 5.00. The summed E-state index contributed by atoms with van der Waals surface area (Å²) in [6.45, 7) is 2.27. The molecule has 1 aromatic carbocycles. The van der Waals surface area contributed by atoms with Gasteiger partial charge in [-0.15, -0.1) is 22.7 Å². The van der Waals surface area contributed by atoms with E-state index in [1.54, 1.807) is 22.7 Å². The van der Waals surface area contributed by atoms with E-state index in [0.717, 1.165) is 39.8 Å². The Morgan fingerprint density at radius 2 is 1.70 bits per heavy atom. The van der Waals surface area contributed by atoms with Crippen LogP contribution in [0.5, 0.6) is 0 Å². The van der Waals surface area contributed by atoms with Crippen molar-refractivity contribution in [3.05, 3.63) is 58.4 Å². The van der Waals surface area contributed by atoms with Gasteiger partial charge in [-0.05, 0) is 35.7 Å². The average molecular weight is 474 g/mol. The first-order valence-electron chi connectivity index (χ1n) is 9.11. The molecule has 0 bridgehead atoms. The number of rotatable bonds is 5. The first kappa shape index (κ1) is 21.4. The van der Waals surface area contributed by atoms with Crippen LogP contribution in [0, 0.1) is 0 Å². The first-order valence-corrected chi connectivity index (χ1v) is 12.3. The molecule has 5 nitrogen and oxygen atoms in total. The number of thiophene rings is 1. The lowest BCUT2D eigenvalue weighted by Gasteiger charge is -2.33. The largest absolute Gasteiger partial charge is 0.416 e. The molecule has 2 aromatic heterocycles. The molecule has 3 aromatic rings. The Bertz CT molecular complexity index is 1090. The molecule has 11 heteroatoms. The lowest BCUT2D eigenvalue weighted by Crippen LogP contribution is -2.48. The Labute approximate surface area is 180 Å². The van der Waals surface area contributed by atoms with Crippen molar-refractivity contribution in [1.29, 1.82) is 0 Å². The van der Waals surface area contributed by atoms with Crippen molar-refractivity contribution in [2.24, 2.45) is 0 Å². The molecule has 1 saturated heterocycles. The fraction of sp³-hybridized carbons (Fsp3) is 0.316. The maximum Gasteiger partial charge on any atom is 0.416 e. The molecule has 4 rings (SSSR count). The fourth-order valence-electron chi connectivity index (χ4n) is 3.22. The summed E-state index contributed by atoms with van der Waals surface area (Å²) in [4.78, 5) is 7.79. The Hall–Kier alpha value is -1.79. The predicted octanol–water partition coefficient (Wildman–Crippen LogP) is 4.40. The van der Waals surface area contributed by atoms with E-state index < -0.39 is 21.8 Å². The molecule has 0 unspecified atom stereocenters. The third-order valence-corrected chi connectivity index (χ3v) is 8.66. The van der Waals surface area contributed by atoms with Crippen molar-refractivity contribution >= 4 is 32.7 Å². The van der Waals surface area contributed by atoms with Crippen molar-refractivity contribution in [3.63, 3.8) is 0 Å². The van der Waals surface area contributed by atoms with Crippen molar-refractivity contribution in [2.45, 2.75) is 17.6 Å². The van der Waals surface area contributed by atoms with Gasteiger partial charge >= 0.3 is 6.18 Å². The highest BCUT2D eigenvalue weighted by Gasteiger charge is 2.32. The number of aromatic nitrogens is 1. The second kappa shape index (κ2) is 8.39. The molecule has 1 aliphatic heterocycles. The Morgan fingerprint density at radius 3 is 2.30 bits per heavy atom. The lowest BCUT2D eigenvalue weighted by molar-refractivity contribution is -0.137. The molecule has 0 amide bonds. The van der Waals surface area contributed by atoms with Gasteiger partial charge in [0.05, 0.1) is 21.0 Å². The minimum absolute atomic E-state index is 0.121. The van der Waals surface area contributed by atoms with Crippen LogP contribution in [-0.2, 0) is 22.7 Å². The number of hydrogen-bond acceptors (Lipinski definition) is 6. The van der Waals surface area contributed by atoms with E-state index in [0.29, 0.717) is 19.6 Å². The van der Waals surface area contributed by atoms with Crippen LogP contribution < -0.4 is 0 Å². The highest BCUT2D eigenvalue weighted by atomic mass is 32.2. The molecule has 30 heavy (non-hydrogen) atoms. The van der Waals surface area contributed by atoms with Crippen molar-refractivity contribution < 1.29 is 21.6 Å². The van der Waals surface area contributed by atoms with E-state index in [1.165, 1.54) is 4.31 Å². The van der Waals surface area contributed by atoms with Crippen LogP contribution in [0.4, 0.5) is 13.2 Å². The summed E-state index contributed by atoms with van der Waals surface area (Å²) in [6, 6.07) is 7.65. The van der Waals surface area contributed by atoms with Gasteiger partial charge in [0.25, 0.3) is 0 Å². The van der Waals surface area contributed by atoms with E-state index in [2.05, 4.69) is 9.88 Å². The smallest absolute Gasteiger partial charge is 0.295 e. The van der Waals surface area contributed by atoms with Crippen LogP contribution in [0.2, 0.25) is 0 Å². The standard InChI is InChI=1S/C19H18F3N3O2S3/c20-19(21,22)14-3-5-16(6-4-14)30(26,27)25-9-7-24(8-10-25)12-15-13-29-18(23-15)17-2-1-11-28-17/h1-6,11,13H,7-10,12H2. The van der Waals surface area contributed by atoms with Gasteiger partial charge in [-0.1, -0.05) is 6.07 Å². The summed E-state index contributed by atoms with van der Waals surface area (Å²) in [5.74, 6) is 0. The van der Waals surface area contributed by atoms with Gasteiger partial charge in [-0.2, -0.15) is 17.5 Å². The molecule has 1 aliphatic rings. The van der Waals surface area contributed by atoms with E-state index >= 15 is 0 Å². The lowest BCUT2D eigenvalue weighted by atomic mass is 10.2. The number of halogens is 3. The molecule has 3 heterocycles. The van der Waals surface area contributed by atoms with Crippen molar-refractivity contribution in [1.82, 2.24) is 14.2 Å². The quantitative estimate of drug-likeness (QED) is 0.551. The number of thiazole rings is 1. The van der Waals surface area contributed by atoms with Crippen LogP contribution in [0.25, 0.3) is 9.88 Å². The van der Waals surface area contributed by atoms with Gasteiger partial charge in [0.1, 0.15) is 5.01 Å². The normalized spacial score (nSPS) is 16.8. The monoisotopic (exact) mass is 473 g/mol. The number of nitrogens with zero attached hydrogens (tertiary/aromatic N) is 3. The van der Waals surface area contributed by atoms with Crippen LogP contribution >= 0.6 is 22.7 Å². The summed E-state index contributed by atoms with van der Waals surface area (Å²) >= 11 is 3.22. The number of alkyl halides is 3. The molecule has 1 fully saturated rings. The Kier molecular flexibility index (Phi) is 5.99. The second-order valence-corrected chi connectivity index (χ2v) is 10.6. The van der Waals surface area contributed by atoms with E-state index in [4.69, 9.17) is 0 Å². The maximum atomic E-state index is 12.8. The molecule has 0 radical (unpaired) electrons. The van der Waals surface area contributed by atoms with E-state index in [9.17, 15) is 21.6 Å². The Morgan fingerprint density at radius 1 is 1.00 bits per heavy atom. The van der Waals surface area contributed by atoms with Crippen LogP contribution in [0.3, 0.4) is 0 Å². The van der Waals surface area contributed by atoms with Gasteiger partial charge in [0.15, 0.2) is 0 Å². The molecule has 160 valence electrons. The third-order valence-electron chi connectivity index (χ3n) is 4.82. The molecule has 0 aliphatic carbocycles. The van der Waals surface area contributed by atoms with E-state index in [1.807, 2.05) is 22.9 Å². The maximum absolute atomic E-state index is 12.8. The van der Waals surface area contributed by atoms with Crippen LogP contribution in [0.15, 0.2) is 52.1 Å². The highest BCUT2D eigenvalue weighted by molar-refractivity contribution is 7.89. The van der Waals surface area contributed by atoms with Gasteiger partial charge < -0.3 is 0 Å². The van der Waals surface area contributed by atoms with E-state index in [-0.39, 0.29) is 18.0 Å². The number of hydrogen-bond donors (Lipinski definition) is 0. The van der Waals surface area contributed by atoms with Crippen molar-refractivity contribution in [3.8, 4) is 9.88 Å². The topological polar surface area (TPSA) is 53.5 Å². The van der Waals surface area contributed by atoms with Gasteiger partial charge in [-0.3, -0.25) is 4.90 Å². The molecular weight excluding hydrogens is 455 g/mol. The molecule has 0 saturated carbocycles.